The normalized spacial score (nSPS) is 17.6. The molecule has 1 saturated carbocycles. The van der Waals surface area contributed by atoms with Gasteiger partial charge in [-0.05, 0) is 24.7 Å². The van der Waals surface area contributed by atoms with E-state index in [1.54, 1.807) is 0 Å². The van der Waals surface area contributed by atoms with Crippen LogP contribution < -0.4 is 0 Å². The summed E-state index contributed by atoms with van der Waals surface area (Å²) in [6.45, 7) is 5.55. The summed E-state index contributed by atoms with van der Waals surface area (Å²) in [6.07, 6.45) is 5.73. The molecular weight excluding hydrogens is 272 g/mol. The van der Waals surface area contributed by atoms with Crippen molar-refractivity contribution in [1.29, 1.82) is 0 Å². The third kappa shape index (κ3) is 2.14. The van der Waals surface area contributed by atoms with Gasteiger partial charge in [-0.3, -0.25) is 4.68 Å². The van der Waals surface area contributed by atoms with Crippen molar-refractivity contribution < 1.29 is 0 Å². The van der Waals surface area contributed by atoms with Crippen LogP contribution in [0.3, 0.4) is 0 Å². The number of hydrogen-bond acceptors (Lipinski definition) is 2. The molecule has 20 heavy (non-hydrogen) atoms. The van der Waals surface area contributed by atoms with Gasteiger partial charge in [-0.15, -0.1) is 11.6 Å². The minimum absolute atomic E-state index is 0.422. The lowest BCUT2D eigenvalue weighted by Crippen LogP contribution is -2.31. The molecule has 1 aliphatic carbocycles. The Hall–Kier alpha value is -1.03. The molecule has 0 amide bonds. The molecule has 0 aromatic carbocycles. The van der Waals surface area contributed by atoms with E-state index in [4.69, 9.17) is 16.6 Å². The number of imidazole rings is 1. The van der Waals surface area contributed by atoms with Crippen LogP contribution in [-0.4, -0.2) is 25.2 Å². The molecule has 0 unspecified atom stereocenters. The highest BCUT2D eigenvalue weighted by atomic mass is 35.5. The molecule has 2 heterocycles. The molecule has 3 rings (SSSR count). The minimum Gasteiger partial charge on any atom is -0.312 e. The van der Waals surface area contributed by atoms with Crippen molar-refractivity contribution >= 4 is 22.8 Å². The molecule has 5 heteroatoms. The van der Waals surface area contributed by atoms with Crippen LogP contribution >= 0.6 is 11.6 Å². The fraction of sp³-hybridized carbons (Fsp3) is 0.733. The zero-order chi connectivity index (χ0) is 14.3. The first-order valence-electron chi connectivity index (χ1n) is 7.55. The van der Waals surface area contributed by atoms with Gasteiger partial charge in [0.2, 0.25) is 0 Å². The second-order valence-electron chi connectivity index (χ2n) is 6.31. The smallest absolute Gasteiger partial charge is 0.158 e. The molecule has 0 bridgehead atoms. The van der Waals surface area contributed by atoms with Gasteiger partial charge in [0.15, 0.2) is 5.65 Å². The van der Waals surface area contributed by atoms with Gasteiger partial charge >= 0.3 is 0 Å². The lowest BCUT2D eigenvalue weighted by molar-refractivity contribution is 0.132. The van der Waals surface area contributed by atoms with Crippen LogP contribution in [0.5, 0.6) is 0 Å². The van der Waals surface area contributed by atoms with E-state index < -0.39 is 0 Å². The number of fused-ring (bicyclic) bond motifs is 1. The van der Waals surface area contributed by atoms with Gasteiger partial charge in [0.05, 0.1) is 5.69 Å². The van der Waals surface area contributed by atoms with E-state index in [9.17, 15) is 0 Å². The Morgan fingerprint density at radius 2 is 2.10 bits per heavy atom. The molecule has 0 atom stereocenters. The Morgan fingerprint density at radius 3 is 2.65 bits per heavy atom. The standard InChI is InChI=1S/C15H23ClN4/c1-4-11-13-14(19(3)18-11)20(12(17-13)6-9-16)10-15(2)7-5-8-15/h4-10H2,1-3H3. The summed E-state index contributed by atoms with van der Waals surface area (Å²) >= 11 is 5.96. The maximum Gasteiger partial charge on any atom is 0.158 e. The molecule has 2 aromatic heterocycles. The highest BCUT2D eigenvalue weighted by Crippen LogP contribution is 2.42. The zero-order valence-electron chi connectivity index (χ0n) is 12.6. The summed E-state index contributed by atoms with van der Waals surface area (Å²) in [5.41, 5.74) is 3.75. The van der Waals surface area contributed by atoms with Gasteiger partial charge in [-0.2, -0.15) is 5.10 Å². The number of aromatic nitrogens is 4. The molecule has 0 saturated heterocycles. The van der Waals surface area contributed by atoms with Crippen molar-refractivity contribution in [3.05, 3.63) is 11.5 Å². The summed E-state index contributed by atoms with van der Waals surface area (Å²) in [4.78, 5) is 4.83. The molecule has 4 nitrogen and oxygen atoms in total. The SMILES string of the molecule is CCc1nn(C)c2c1nc(CCCl)n2CC1(C)CCC1. The molecule has 0 spiro atoms. The number of halogens is 1. The minimum atomic E-state index is 0.422. The Morgan fingerprint density at radius 1 is 1.35 bits per heavy atom. The van der Waals surface area contributed by atoms with E-state index in [1.807, 2.05) is 11.7 Å². The molecule has 110 valence electrons. The number of alkyl halides is 1. The monoisotopic (exact) mass is 294 g/mol. The van der Waals surface area contributed by atoms with Gasteiger partial charge in [-0.25, -0.2) is 4.98 Å². The Kier molecular flexibility index (Phi) is 3.53. The number of rotatable bonds is 5. The Balaban J connectivity index is 2.10. The average molecular weight is 295 g/mol. The first-order valence-corrected chi connectivity index (χ1v) is 8.08. The van der Waals surface area contributed by atoms with E-state index >= 15 is 0 Å². The van der Waals surface area contributed by atoms with Crippen LogP contribution in [0, 0.1) is 5.41 Å². The van der Waals surface area contributed by atoms with Gasteiger partial charge in [0.1, 0.15) is 11.3 Å². The highest BCUT2D eigenvalue weighted by molar-refractivity contribution is 6.17. The highest BCUT2D eigenvalue weighted by Gasteiger charge is 2.34. The van der Waals surface area contributed by atoms with Crippen LogP contribution in [0.2, 0.25) is 0 Å². The van der Waals surface area contributed by atoms with E-state index in [2.05, 4.69) is 23.5 Å². The van der Waals surface area contributed by atoms with Crippen molar-refractivity contribution in [1.82, 2.24) is 19.3 Å². The second kappa shape index (κ2) is 5.06. The molecule has 1 aliphatic rings. The molecule has 0 N–H and O–H groups in total. The molecule has 0 radical (unpaired) electrons. The molecule has 0 aliphatic heterocycles. The predicted octanol–water partition coefficient (Wildman–Crippen LogP) is 3.30. The third-order valence-corrected chi connectivity index (χ3v) is 4.81. The van der Waals surface area contributed by atoms with E-state index in [-0.39, 0.29) is 0 Å². The third-order valence-electron chi connectivity index (χ3n) is 4.62. The van der Waals surface area contributed by atoms with Gasteiger partial charge in [0.25, 0.3) is 0 Å². The first kappa shape index (κ1) is 13.9. The van der Waals surface area contributed by atoms with Crippen molar-refractivity contribution in [3.8, 4) is 0 Å². The van der Waals surface area contributed by atoms with Gasteiger partial charge < -0.3 is 4.57 Å². The summed E-state index contributed by atoms with van der Waals surface area (Å²) in [7, 11) is 2.02. The second-order valence-corrected chi connectivity index (χ2v) is 6.69. The van der Waals surface area contributed by atoms with Crippen LogP contribution in [-0.2, 0) is 26.4 Å². The maximum atomic E-state index is 5.96. The lowest BCUT2D eigenvalue weighted by Gasteiger charge is -2.39. The van der Waals surface area contributed by atoms with Crippen molar-refractivity contribution in [2.24, 2.45) is 12.5 Å². The van der Waals surface area contributed by atoms with Crippen molar-refractivity contribution in [2.75, 3.05) is 5.88 Å². The average Bonchev–Trinajstić information content (AvgIpc) is 2.88. The van der Waals surface area contributed by atoms with E-state index in [0.29, 0.717) is 11.3 Å². The number of nitrogens with zero attached hydrogens (tertiary/aromatic N) is 4. The maximum absolute atomic E-state index is 5.96. The predicted molar refractivity (Wildman–Crippen MR) is 82.3 cm³/mol. The summed E-state index contributed by atoms with van der Waals surface area (Å²) in [5, 5.41) is 4.60. The lowest BCUT2D eigenvalue weighted by atomic mass is 9.70. The Labute approximate surface area is 125 Å². The van der Waals surface area contributed by atoms with E-state index in [0.717, 1.165) is 42.1 Å². The Bertz CT molecular complexity index is 621. The number of hydrogen-bond donors (Lipinski definition) is 0. The first-order chi connectivity index (χ1) is 9.58. The molecule has 1 fully saturated rings. The molecular formula is C15H23ClN4. The summed E-state index contributed by atoms with van der Waals surface area (Å²) in [6, 6.07) is 0. The van der Waals surface area contributed by atoms with Gasteiger partial charge in [-0.1, -0.05) is 20.3 Å². The van der Waals surface area contributed by atoms with Crippen molar-refractivity contribution in [2.45, 2.75) is 52.5 Å². The van der Waals surface area contributed by atoms with Crippen LogP contribution in [0.15, 0.2) is 0 Å². The van der Waals surface area contributed by atoms with Crippen LogP contribution in [0.1, 0.15) is 44.6 Å². The zero-order valence-corrected chi connectivity index (χ0v) is 13.4. The topological polar surface area (TPSA) is 35.6 Å². The molecule has 2 aromatic rings. The van der Waals surface area contributed by atoms with Crippen LogP contribution in [0.4, 0.5) is 0 Å². The van der Waals surface area contributed by atoms with Gasteiger partial charge in [0, 0.05) is 25.9 Å². The van der Waals surface area contributed by atoms with Crippen molar-refractivity contribution in [3.63, 3.8) is 0 Å². The van der Waals surface area contributed by atoms with Crippen LogP contribution in [0.25, 0.3) is 11.2 Å². The fourth-order valence-corrected chi connectivity index (χ4v) is 3.46. The number of aryl methyl sites for hydroxylation is 3. The quantitative estimate of drug-likeness (QED) is 0.793. The largest absolute Gasteiger partial charge is 0.312 e. The fourth-order valence-electron chi connectivity index (χ4n) is 3.29. The van der Waals surface area contributed by atoms with E-state index in [1.165, 1.54) is 19.3 Å². The summed E-state index contributed by atoms with van der Waals surface area (Å²) in [5.74, 6) is 1.74. The summed E-state index contributed by atoms with van der Waals surface area (Å²) < 4.78 is 4.35.